The normalized spacial score (nSPS) is 25.8. The highest BCUT2D eigenvalue weighted by molar-refractivity contribution is 7.14. The first-order valence-corrected chi connectivity index (χ1v) is 5.97. The van der Waals surface area contributed by atoms with Gasteiger partial charge in [0, 0.05) is 13.5 Å². The third kappa shape index (κ3) is 1.84. The summed E-state index contributed by atoms with van der Waals surface area (Å²) in [6.45, 7) is 6.32. The first kappa shape index (κ1) is 10.8. The molecule has 1 fully saturated rings. The molecule has 1 atom stereocenters. The Bertz CT molecular complexity index is 391. The number of hydrogen-bond donors (Lipinski definition) is 0. The van der Waals surface area contributed by atoms with E-state index >= 15 is 0 Å². The van der Waals surface area contributed by atoms with Gasteiger partial charge in [0.15, 0.2) is 5.78 Å². The number of ketones is 1. The Morgan fingerprint density at radius 2 is 2.33 bits per heavy atom. The summed E-state index contributed by atoms with van der Waals surface area (Å²) < 4.78 is 5.71. The minimum absolute atomic E-state index is 0.0952. The van der Waals surface area contributed by atoms with Crippen LogP contribution in [0.2, 0.25) is 0 Å². The van der Waals surface area contributed by atoms with Crippen molar-refractivity contribution < 1.29 is 9.53 Å². The van der Waals surface area contributed by atoms with Crippen LogP contribution in [0.5, 0.6) is 0 Å². The summed E-state index contributed by atoms with van der Waals surface area (Å²) >= 11 is 1.48. The Morgan fingerprint density at radius 1 is 1.60 bits per heavy atom. The van der Waals surface area contributed by atoms with E-state index in [-0.39, 0.29) is 11.4 Å². The van der Waals surface area contributed by atoms with E-state index in [1.807, 2.05) is 6.92 Å². The molecule has 1 aliphatic rings. The largest absolute Gasteiger partial charge is 0.368 e. The highest BCUT2D eigenvalue weighted by Crippen LogP contribution is 2.38. The molecule has 1 aromatic rings. The molecule has 0 N–H and O–H groups in total. The minimum Gasteiger partial charge on any atom is -0.368 e. The number of rotatable bonds is 2. The molecule has 0 aliphatic carbocycles. The summed E-state index contributed by atoms with van der Waals surface area (Å²) in [6.07, 6.45) is 2.07. The molecule has 0 bridgehead atoms. The molecule has 0 spiro atoms. The fourth-order valence-electron chi connectivity index (χ4n) is 1.90. The molecule has 0 saturated carbocycles. The van der Waals surface area contributed by atoms with E-state index < -0.39 is 0 Å². The van der Waals surface area contributed by atoms with Crippen LogP contribution in [0.15, 0.2) is 0 Å². The monoisotopic (exact) mass is 225 g/mol. The van der Waals surface area contributed by atoms with Gasteiger partial charge in [-0.1, -0.05) is 0 Å². The number of ether oxygens (including phenoxy) is 1. The molecule has 15 heavy (non-hydrogen) atoms. The zero-order chi connectivity index (χ0) is 11.1. The molecule has 3 nitrogen and oxygen atoms in total. The highest BCUT2D eigenvalue weighted by Gasteiger charge is 2.35. The number of carbonyl (C=O) groups excluding carboxylic acids is 1. The molecular weight excluding hydrogens is 210 g/mol. The maximum absolute atomic E-state index is 11.3. The van der Waals surface area contributed by atoms with E-state index in [2.05, 4.69) is 11.9 Å². The van der Waals surface area contributed by atoms with E-state index in [1.165, 1.54) is 11.3 Å². The SMILES string of the molecule is CC(=O)c1sc(C2(C)CCCO2)nc1C. The summed E-state index contributed by atoms with van der Waals surface area (Å²) in [5.74, 6) is 0.0952. The molecule has 1 saturated heterocycles. The van der Waals surface area contributed by atoms with Gasteiger partial charge in [0.25, 0.3) is 0 Å². The summed E-state index contributed by atoms with van der Waals surface area (Å²) in [4.78, 5) is 16.6. The van der Waals surface area contributed by atoms with Crippen molar-refractivity contribution in [1.82, 2.24) is 4.98 Å². The maximum Gasteiger partial charge on any atom is 0.171 e. The first-order valence-electron chi connectivity index (χ1n) is 5.16. The Hall–Kier alpha value is -0.740. The second-order valence-electron chi connectivity index (χ2n) is 4.17. The standard InChI is InChI=1S/C11H15NO2S/c1-7-9(8(2)13)15-10(12-7)11(3)5-4-6-14-11/h4-6H2,1-3H3. The fourth-order valence-corrected chi connectivity index (χ4v) is 2.99. The van der Waals surface area contributed by atoms with Gasteiger partial charge in [0.05, 0.1) is 10.6 Å². The average molecular weight is 225 g/mol. The van der Waals surface area contributed by atoms with Crippen molar-refractivity contribution in [2.24, 2.45) is 0 Å². The van der Waals surface area contributed by atoms with Crippen molar-refractivity contribution in [3.63, 3.8) is 0 Å². The van der Waals surface area contributed by atoms with Gasteiger partial charge in [-0.2, -0.15) is 0 Å². The summed E-state index contributed by atoms with van der Waals surface area (Å²) in [5, 5.41) is 0.947. The molecule has 1 aromatic heterocycles. The van der Waals surface area contributed by atoms with Crippen LogP contribution in [0.1, 0.15) is 47.1 Å². The molecule has 82 valence electrons. The van der Waals surface area contributed by atoms with Crippen LogP contribution >= 0.6 is 11.3 Å². The van der Waals surface area contributed by atoms with E-state index in [0.717, 1.165) is 35.0 Å². The minimum atomic E-state index is -0.261. The second kappa shape index (κ2) is 3.68. The van der Waals surface area contributed by atoms with Gasteiger partial charge in [-0.3, -0.25) is 4.79 Å². The molecule has 2 heterocycles. The van der Waals surface area contributed by atoms with Crippen LogP contribution in [-0.4, -0.2) is 17.4 Å². The van der Waals surface area contributed by atoms with Crippen molar-refractivity contribution >= 4 is 17.1 Å². The van der Waals surface area contributed by atoms with E-state index in [4.69, 9.17) is 4.74 Å². The molecule has 0 amide bonds. The van der Waals surface area contributed by atoms with E-state index in [9.17, 15) is 4.79 Å². The number of aromatic nitrogens is 1. The van der Waals surface area contributed by atoms with Crippen LogP contribution in [0.3, 0.4) is 0 Å². The van der Waals surface area contributed by atoms with Gasteiger partial charge in [0.1, 0.15) is 10.6 Å². The predicted molar refractivity (Wildman–Crippen MR) is 59.4 cm³/mol. The number of hydrogen-bond acceptors (Lipinski definition) is 4. The second-order valence-corrected chi connectivity index (χ2v) is 5.17. The van der Waals surface area contributed by atoms with Crippen LogP contribution in [-0.2, 0) is 10.3 Å². The molecule has 0 radical (unpaired) electrons. The van der Waals surface area contributed by atoms with Crippen LogP contribution in [0, 0.1) is 6.92 Å². The Kier molecular flexibility index (Phi) is 2.64. The number of thiazole rings is 1. The lowest BCUT2D eigenvalue weighted by Gasteiger charge is -2.19. The Morgan fingerprint density at radius 3 is 2.80 bits per heavy atom. The van der Waals surface area contributed by atoms with Crippen LogP contribution < -0.4 is 0 Å². The average Bonchev–Trinajstić information content (AvgIpc) is 2.72. The topological polar surface area (TPSA) is 39.2 Å². The summed E-state index contributed by atoms with van der Waals surface area (Å²) in [5.41, 5.74) is 0.572. The molecule has 1 unspecified atom stereocenters. The van der Waals surface area contributed by atoms with Gasteiger partial charge in [-0.15, -0.1) is 11.3 Å². The van der Waals surface area contributed by atoms with Crippen molar-refractivity contribution in [3.8, 4) is 0 Å². The van der Waals surface area contributed by atoms with Crippen molar-refractivity contribution in [1.29, 1.82) is 0 Å². The maximum atomic E-state index is 11.3. The first-order chi connectivity index (χ1) is 7.03. The third-order valence-corrected chi connectivity index (χ3v) is 4.29. The smallest absolute Gasteiger partial charge is 0.171 e. The van der Waals surface area contributed by atoms with E-state index in [1.54, 1.807) is 6.92 Å². The zero-order valence-corrected chi connectivity index (χ0v) is 10.1. The fraction of sp³-hybridized carbons (Fsp3) is 0.636. The van der Waals surface area contributed by atoms with Crippen LogP contribution in [0.25, 0.3) is 0 Å². The lowest BCUT2D eigenvalue weighted by molar-refractivity contribution is 0.0166. The summed E-state index contributed by atoms with van der Waals surface area (Å²) in [7, 11) is 0. The molecule has 1 aliphatic heterocycles. The Labute approximate surface area is 93.5 Å². The highest BCUT2D eigenvalue weighted by atomic mass is 32.1. The molecule has 0 aromatic carbocycles. The third-order valence-electron chi connectivity index (χ3n) is 2.79. The number of carbonyl (C=O) groups is 1. The van der Waals surface area contributed by atoms with Crippen LogP contribution in [0.4, 0.5) is 0 Å². The zero-order valence-electron chi connectivity index (χ0n) is 9.29. The summed E-state index contributed by atoms with van der Waals surface area (Å²) in [6, 6.07) is 0. The van der Waals surface area contributed by atoms with Gasteiger partial charge in [-0.05, 0) is 26.7 Å². The van der Waals surface area contributed by atoms with Gasteiger partial charge >= 0.3 is 0 Å². The molecule has 4 heteroatoms. The molecule has 2 rings (SSSR count). The number of aryl methyl sites for hydroxylation is 1. The van der Waals surface area contributed by atoms with E-state index in [0.29, 0.717) is 0 Å². The number of nitrogens with zero attached hydrogens (tertiary/aromatic N) is 1. The predicted octanol–water partition coefficient (Wildman–Crippen LogP) is 2.68. The van der Waals surface area contributed by atoms with Crippen molar-refractivity contribution in [2.75, 3.05) is 6.61 Å². The lowest BCUT2D eigenvalue weighted by Crippen LogP contribution is -2.19. The lowest BCUT2D eigenvalue weighted by atomic mass is 10.0. The quantitative estimate of drug-likeness (QED) is 0.726. The number of Topliss-reactive ketones (excluding diaryl/α,β-unsaturated/α-hetero) is 1. The van der Waals surface area contributed by atoms with Gasteiger partial charge in [0.2, 0.25) is 0 Å². The Balaban J connectivity index is 2.37. The van der Waals surface area contributed by atoms with Crippen molar-refractivity contribution in [3.05, 3.63) is 15.6 Å². The van der Waals surface area contributed by atoms with Gasteiger partial charge < -0.3 is 4.74 Å². The van der Waals surface area contributed by atoms with Gasteiger partial charge in [-0.25, -0.2) is 4.98 Å². The van der Waals surface area contributed by atoms with Crippen molar-refractivity contribution in [2.45, 2.75) is 39.2 Å². The molecular formula is C11H15NO2S.